The normalized spacial score (nSPS) is 13.9. The van der Waals surface area contributed by atoms with Gasteiger partial charge in [-0.3, -0.25) is 4.79 Å². The molecule has 27 heavy (non-hydrogen) atoms. The van der Waals surface area contributed by atoms with Crippen LogP contribution in [0.25, 0.3) is 0 Å². The number of carbonyl (C=O) groups excluding carboxylic acids is 2. The maximum absolute atomic E-state index is 12.5. The van der Waals surface area contributed by atoms with Crippen LogP contribution in [0.5, 0.6) is 0 Å². The van der Waals surface area contributed by atoms with Crippen LogP contribution in [-0.2, 0) is 19.6 Å². The average molecular weight is 399 g/mol. The van der Waals surface area contributed by atoms with Crippen LogP contribution in [0.2, 0.25) is 0 Å². The van der Waals surface area contributed by atoms with Crippen LogP contribution >= 0.6 is 0 Å². The van der Waals surface area contributed by atoms with Gasteiger partial charge in [-0.15, -0.1) is 0 Å². The number of sulfonamides is 1. The first-order chi connectivity index (χ1) is 12.6. The third kappa shape index (κ3) is 5.77. The Labute approximate surface area is 162 Å². The van der Waals surface area contributed by atoms with Crippen molar-refractivity contribution in [3.8, 4) is 0 Å². The lowest BCUT2D eigenvalue weighted by Crippen LogP contribution is -2.46. The van der Waals surface area contributed by atoms with Crippen molar-refractivity contribution in [1.82, 2.24) is 9.21 Å². The molecule has 1 aromatic rings. The molecule has 0 bridgehead atoms. The monoisotopic (exact) mass is 398 g/mol. The molecule has 0 radical (unpaired) electrons. The zero-order valence-corrected chi connectivity index (χ0v) is 17.7. The fourth-order valence-corrected chi connectivity index (χ4v) is 3.55. The highest BCUT2D eigenvalue weighted by Crippen LogP contribution is 2.16. The predicted octanol–water partition coefficient (Wildman–Crippen LogP) is 2.52. The van der Waals surface area contributed by atoms with Crippen LogP contribution in [0.15, 0.2) is 29.2 Å². The summed E-state index contributed by atoms with van der Waals surface area (Å²) in [6.45, 7) is 7.53. The lowest BCUT2D eigenvalue weighted by Gasteiger charge is -2.33. The van der Waals surface area contributed by atoms with Gasteiger partial charge in [0.15, 0.2) is 6.61 Å². The Kier molecular flexibility index (Phi) is 8.43. The molecule has 152 valence electrons. The molecule has 1 amide bonds. The first kappa shape index (κ1) is 23.1. The van der Waals surface area contributed by atoms with E-state index in [0.29, 0.717) is 0 Å². The fraction of sp³-hybridized carbons (Fsp3) is 0.579. The standard InChI is InChI=1S/C19H30N2O5S/c1-7-14(3)21(15(4)8-2)18(22)13-26-19(23)16-10-9-11-17(12-16)27(24,25)20(5)6/h9-12,14-15H,7-8,13H2,1-6H3/t14-,15+. The third-order valence-electron chi connectivity index (χ3n) is 4.59. The summed E-state index contributed by atoms with van der Waals surface area (Å²) >= 11 is 0. The van der Waals surface area contributed by atoms with Crippen molar-refractivity contribution in [2.45, 2.75) is 57.5 Å². The van der Waals surface area contributed by atoms with Crippen LogP contribution in [-0.4, -0.2) is 62.3 Å². The van der Waals surface area contributed by atoms with Gasteiger partial charge in [0.25, 0.3) is 5.91 Å². The summed E-state index contributed by atoms with van der Waals surface area (Å²) < 4.78 is 30.6. The minimum Gasteiger partial charge on any atom is -0.452 e. The third-order valence-corrected chi connectivity index (χ3v) is 6.41. The Bertz CT molecular complexity index is 751. The van der Waals surface area contributed by atoms with Crippen LogP contribution in [0.4, 0.5) is 0 Å². The summed E-state index contributed by atoms with van der Waals surface area (Å²) in [5.74, 6) is -0.989. The van der Waals surface area contributed by atoms with E-state index < -0.39 is 16.0 Å². The molecule has 0 saturated carbocycles. The number of ether oxygens (including phenoxy) is 1. The van der Waals surface area contributed by atoms with Gasteiger partial charge < -0.3 is 9.64 Å². The van der Waals surface area contributed by atoms with Gasteiger partial charge in [0.05, 0.1) is 10.5 Å². The highest BCUT2D eigenvalue weighted by molar-refractivity contribution is 7.89. The largest absolute Gasteiger partial charge is 0.452 e. The molecular formula is C19H30N2O5S. The van der Waals surface area contributed by atoms with E-state index in [1.165, 1.54) is 38.4 Å². The Balaban J connectivity index is 2.89. The number of esters is 1. The zero-order chi connectivity index (χ0) is 20.8. The van der Waals surface area contributed by atoms with Crippen molar-refractivity contribution in [2.24, 2.45) is 0 Å². The maximum Gasteiger partial charge on any atom is 0.338 e. The molecule has 0 saturated heterocycles. The van der Waals surface area contributed by atoms with Crippen LogP contribution in [0.3, 0.4) is 0 Å². The molecule has 1 aromatic carbocycles. The van der Waals surface area contributed by atoms with E-state index in [1.54, 1.807) is 4.90 Å². The number of rotatable bonds is 9. The summed E-state index contributed by atoms with van der Waals surface area (Å²) in [4.78, 5) is 26.6. The minimum absolute atomic E-state index is 0.00545. The summed E-state index contributed by atoms with van der Waals surface area (Å²) in [7, 11) is -0.828. The van der Waals surface area contributed by atoms with Gasteiger partial charge >= 0.3 is 5.97 Å². The first-order valence-electron chi connectivity index (χ1n) is 9.07. The number of carbonyl (C=O) groups is 2. The lowest BCUT2D eigenvalue weighted by atomic mass is 10.1. The minimum atomic E-state index is -3.66. The van der Waals surface area contributed by atoms with E-state index in [0.717, 1.165) is 17.1 Å². The molecule has 0 aliphatic rings. The highest BCUT2D eigenvalue weighted by Gasteiger charge is 2.25. The van der Waals surface area contributed by atoms with Gasteiger partial charge in [0.2, 0.25) is 10.0 Å². The molecule has 0 aliphatic carbocycles. The van der Waals surface area contributed by atoms with Crippen molar-refractivity contribution >= 4 is 21.9 Å². The topological polar surface area (TPSA) is 84.0 Å². The van der Waals surface area contributed by atoms with Crippen LogP contribution in [0, 0.1) is 0 Å². The quantitative estimate of drug-likeness (QED) is 0.597. The molecule has 1 rings (SSSR count). The second-order valence-electron chi connectivity index (χ2n) is 6.71. The van der Waals surface area contributed by atoms with Gasteiger partial charge in [0, 0.05) is 26.2 Å². The van der Waals surface area contributed by atoms with E-state index in [-0.39, 0.29) is 35.1 Å². The van der Waals surface area contributed by atoms with Crippen LogP contribution in [0.1, 0.15) is 50.9 Å². The van der Waals surface area contributed by atoms with Crippen molar-refractivity contribution < 1.29 is 22.7 Å². The predicted molar refractivity (Wildman–Crippen MR) is 104 cm³/mol. The molecule has 0 spiro atoms. The molecule has 7 nitrogen and oxygen atoms in total. The molecule has 0 fully saturated rings. The summed E-state index contributed by atoms with van der Waals surface area (Å²) in [5.41, 5.74) is 0.0874. The molecule has 0 unspecified atom stereocenters. The van der Waals surface area contributed by atoms with Crippen LogP contribution < -0.4 is 0 Å². The van der Waals surface area contributed by atoms with Gasteiger partial charge in [-0.05, 0) is 44.9 Å². The fourth-order valence-electron chi connectivity index (χ4n) is 2.60. The highest BCUT2D eigenvalue weighted by atomic mass is 32.2. The zero-order valence-electron chi connectivity index (χ0n) is 16.9. The van der Waals surface area contributed by atoms with Gasteiger partial charge in [-0.2, -0.15) is 0 Å². The number of nitrogens with zero attached hydrogens (tertiary/aromatic N) is 2. The van der Waals surface area contributed by atoms with E-state index in [4.69, 9.17) is 4.74 Å². The number of benzene rings is 1. The smallest absolute Gasteiger partial charge is 0.338 e. The molecule has 0 aromatic heterocycles. The number of amides is 1. The van der Waals surface area contributed by atoms with Crippen molar-refractivity contribution in [2.75, 3.05) is 20.7 Å². The van der Waals surface area contributed by atoms with Crippen molar-refractivity contribution in [3.05, 3.63) is 29.8 Å². The molecule has 0 heterocycles. The summed E-state index contributed by atoms with van der Waals surface area (Å²) in [5, 5.41) is 0. The molecule has 8 heteroatoms. The average Bonchev–Trinajstić information content (AvgIpc) is 2.65. The first-order valence-corrected chi connectivity index (χ1v) is 10.5. The second kappa shape index (κ2) is 9.85. The van der Waals surface area contributed by atoms with Gasteiger partial charge in [-0.1, -0.05) is 19.9 Å². The SMILES string of the molecule is CC[C@@H](C)N(C(=O)COC(=O)c1cccc(S(=O)(=O)N(C)C)c1)[C@@H](C)CC. The Morgan fingerprint density at radius 2 is 1.63 bits per heavy atom. The summed E-state index contributed by atoms with van der Waals surface area (Å²) in [6, 6.07) is 5.68. The molecular weight excluding hydrogens is 368 g/mol. The van der Waals surface area contributed by atoms with E-state index >= 15 is 0 Å². The maximum atomic E-state index is 12.5. The molecule has 0 N–H and O–H groups in total. The van der Waals surface area contributed by atoms with E-state index in [2.05, 4.69) is 0 Å². The summed E-state index contributed by atoms with van der Waals surface area (Å²) in [6.07, 6.45) is 1.60. The van der Waals surface area contributed by atoms with E-state index in [1.807, 2.05) is 27.7 Å². The lowest BCUT2D eigenvalue weighted by molar-refractivity contribution is -0.139. The number of hydrogen-bond acceptors (Lipinski definition) is 5. The van der Waals surface area contributed by atoms with Crippen molar-refractivity contribution in [3.63, 3.8) is 0 Å². The van der Waals surface area contributed by atoms with Gasteiger partial charge in [0.1, 0.15) is 0 Å². The Morgan fingerprint density at radius 1 is 1.07 bits per heavy atom. The number of hydrogen-bond donors (Lipinski definition) is 0. The Hall–Kier alpha value is -1.93. The second-order valence-corrected chi connectivity index (χ2v) is 8.86. The van der Waals surface area contributed by atoms with E-state index in [9.17, 15) is 18.0 Å². The molecule has 2 atom stereocenters. The molecule has 0 aliphatic heterocycles. The Morgan fingerprint density at radius 3 is 2.11 bits per heavy atom. The van der Waals surface area contributed by atoms with Gasteiger partial charge in [-0.25, -0.2) is 17.5 Å². The van der Waals surface area contributed by atoms with Crippen molar-refractivity contribution in [1.29, 1.82) is 0 Å².